The van der Waals surface area contributed by atoms with Crippen molar-refractivity contribution in [2.75, 3.05) is 11.9 Å². The fraction of sp³-hybridized carbons (Fsp3) is 0.360. The lowest BCUT2D eigenvalue weighted by Crippen LogP contribution is -2.39. The van der Waals surface area contributed by atoms with Crippen molar-refractivity contribution in [2.45, 2.75) is 51.7 Å². The molecule has 0 spiro atoms. The summed E-state index contributed by atoms with van der Waals surface area (Å²) in [5, 5.41) is 23.0. The third kappa shape index (κ3) is 6.08. The predicted octanol–water partition coefficient (Wildman–Crippen LogP) is 4.17. The van der Waals surface area contributed by atoms with Crippen molar-refractivity contribution in [2.24, 2.45) is 0 Å². The number of anilines is 2. The van der Waals surface area contributed by atoms with E-state index in [1.54, 1.807) is 18.3 Å². The first-order chi connectivity index (χ1) is 17.8. The van der Waals surface area contributed by atoms with Crippen LogP contribution in [0.2, 0.25) is 0 Å². The summed E-state index contributed by atoms with van der Waals surface area (Å²) in [6, 6.07) is 5.14. The molecule has 1 amide bonds. The molecule has 13 heteroatoms. The van der Waals surface area contributed by atoms with Crippen molar-refractivity contribution in [1.82, 2.24) is 34.7 Å². The van der Waals surface area contributed by atoms with E-state index in [1.807, 2.05) is 6.07 Å². The van der Waals surface area contributed by atoms with Crippen LogP contribution in [0, 0.1) is 11.3 Å². The first-order valence-corrected chi connectivity index (χ1v) is 11.7. The van der Waals surface area contributed by atoms with Crippen LogP contribution in [0.25, 0.3) is 17.0 Å². The van der Waals surface area contributed by atoms with Crippen LogP contribution in [0.3, 0.4) is 0 Å². The van der Waals surface area contributed by atoms with Crippen molar-refractivity contribution in [3.63, 3.8) is 0 Å². The predicted molar refractivity (Wildman–Crippen MR) is 134 cm³/mol. The molecule has 0 saturated carbocycles. The summed E-state index contributed by atoms with van der Waals surface area (Å²) >= 11 is 0. The number of imidazole rings is 1. The minimum Gasteiger partial charge on any atom is -0.352 e. The van der Waals surface area contributed by atoms with Gasteiger partial charge in [0.1, 0.15) is 23.1 Å². The summed E-state index contributed by atoms with van der Waals surface area (Å²) in [5.74, 6) is -0.675. The number of pyridine rings is 1. The molecule has 10 nitrogen and oxygen atoms in total. The number of rotatable bonds is 9. The zero-order chi connectivity index (χ0) is 27.7. The van der Waals surface area contributed by atoms with E-state index in [0.29, 0.717) is 28.3 Å². The second-order valence-electron chi connectivity index (χ2n) is 9.90. The maximum absolute atomic E-state index is 14.1. The van der Waals surface area contributed by atoms with Gasteiger partial charge in [0, 0.05) is 18.5 Å². The summed E-state index contributed by atoms with van der Waals surface area (Å²) in [6.07, 6.45) is 5.33. The fourth-order valence-electron chi connectivity index (χ4n) is 3.57. The summed E-state index contributed by atoms with van der Waals surface area (Å²) < 4.78 is 45.0. The van der Waals surface area contributed by atoms with Crippen molar-refractivity contribution in [3.05, 3.63) is 54.2 Å². The van der Waals surface area contributed by atoms with Gasteiger partial charge in [-0.15, -0.1) is 0 Å². The lowest BCUT2D eigenvalue weighted by Gasteiger charge is -2.20. The lowest BCUT2D eigenvalue weighted by molar-refractivity contribution is 0.0759. The molecule has 38 heavy (non-hydrogen) atoms. The molecule has 4 rings (SSSR count). The van der Waals surface area contributed by atoms with Gasteiger partial charge in [-0.25, -0.2) is 22.7 Å². The van der Waals surface area contributed by atoms with Gasteiger partial charge in [0.2, 0.25) is 0 Å². The average molecular weight is 526 g/mol. The Morgan fingerprint density at radius 2 is 1.87 bits per heavy atom. The van der Waals surface area contributed by atoms with Crippen LogP contribution in [-0.4, -0.2) is 59.3 Å². The highest BCUT2D eigenvalue weighted by atomic mass is 19.2. The van der Waals surface area contributed by atoms with Gasteiger partial charge in [0.05, 0.1) is 59.9 Å². The first kappa shape index (κ1) is 26.6. The fourth-order valence-corrected chi connectivity index (χ4v) is 3.57. The van der Waals surface area contributed by atoms with Gasteiger partial charge in [0.25, 0.3) is 5.91 Å². The van der Waals surface area contributed by atoms with Gasteiger partial charge in [-0.2, -0.15) is 15.5 Å². The molecule has 198 valence electrons. The highest BCUT2D eigenvalue weighted by molar-refractivity contribution is 6.00. The van der Waals surface area contributed by atoms with E-state index in [4.69, 9.17) is 5.26 Å². The standard InChI is InChI=1S/C25H26F3N9O/c1-24(2,27)14-36-13-16(9-33-36)35-18-6-19(20-11-31-22-5-15(7-29)8-34-37(20)22)30-10-17(18)23(38)32-12-21(26)25(3,4)28/h5-6,8-11,13,21H,12,14H2,1-4H3,(H,30,35)(H,32,38). The van der Waals surface area contributed by atoms with Crippen LogP contribution in [0.4, 0.5) is 24.5 Å². The zero-order valence-electron chi connectivity index (χ0n) is 21.2. The Hall–Kier alpha value is -4.47. The summed E-state index contributed by atoms with van der Waals surface area (Å²) in [7, 11) is 0. The molecule has 0 aliphatic rings. The normalized spacial score (nSPS) is 12.8. The Bertz CT molecular complexity index is 1510. The molecule has 0 fully saturated rings. The largest absolute Gasteiger partial charge is 0.352 e. The number of halogens is 3. The van der Waals surface area contributed by atoms with Gasteiger partial charge in [-0.3, -0.25) is 14.5 Å². The molecule has 4 heterocycles. The van der Waals surface area contributed by atoms with Gasteiger partial charge in [-0.1, -0.05) is 0 Å². The van der Waals surface area contributed by atoms with Crippen LogP contribution in [0.1, 0.15) is 43.6 Å². The number of hydrogen-bond acceptors (Lipinski definition) is 7. The first-order valence-electron chi connectivity index (χ1n) is 11.7. The minimum absolute atomic E-state index is 0.0126. The maximum atomic E-state index is 14.1. The third-order valence-corrected chi connectivity index (χ3v) is 5.54. The number of nitrogens with one attached hydrogen (secondary N) is 2. The summed E-state index contributed by atoms with van der Waals surface area (Å²) in [4.78, 5) is 21.6. The quantitative estimate of drug-likeness (QED) is 0.336. The molecule has 2 N–H and O–H groups in total. The Morgan fingerprint density at radius 3 is 2.55 bits per heavy atom. The molecule has 1 unspecified atom stereocenters. The van der Waals surface area contributed by atoms with E-state index in [0.717, 1.165) is 13.8 Å². The molecule has 0 radical (unpaired) electrons. The number of nitrogens with zero attached hydrogens (tertiary/aromatic N) is 7. The zero-order valence-corrected chi connectivity index (χ0v) is 21.2. The molecule has 0 saturated heterocycles. The van der Waals surface area contributed by atoms with Crippen molar-refractivity contribution in [3.8, 4) is 17.5 Å². The van der Waals surface area contributed by atoms with Crippen LogP contribution in [-0.2, 0) is 6.54 Å². The molecule has 4 aromatic heterocycles. The number of amides is 1. The van der Waals surface area contributed by atoms with Gasteiger partial charge in [0.15, 0.2) is 11.8 Å². The second kappa shape index (κ2) is 10.1. The van der Waals surface area contributed by atoms with E-state index in [-0.39, 0.29) is 17.8 Å². The van der Waals surface area contributed by atoms with Crippen LogP contribution in [0.5, 0.6) is 0 Å². The molecule has 4 aromatic rings. The van der Waals surface area contributed by atoms with Crippen molar-refractivity contribution in [1.29, 1.82) is 5.26 Å². The Morgan fingerprint density at radius 1 is 1.11 bits per heavy atom. The van der Waals surface area contributed by atoms with Crippen LogP contribution in [0.15, 0.2) is 43.1 Å². The second-order valence-corrected chi connectivity index (χ2v) is 9.90. The van der Waals surface area contributed by atoms with E-state index in [9.17, 15) is 18.0 Å². The van der Waals surface area contributed by atoms with Gasteiger partial charge in [-0.05, 0) is 33.8 Å². The van der Waals surface area contributed by atoms with E-state index < -0.39 is 30.0 Å². The number of carbonyl (C=O) groups excluding carboxylic acids is 1. The lowest BCUT2D eigenvalue weighted by atomic mass is 10.1. The average Bonchev–Trinajstić information content (AvgIpc) is 3.46. The summed E-state index contributed by atoms with van der Waals surface area (Å²) in [5.41, 5.74) is -1.18. The Labute approximate surface area is 216 Å². The molecule has 0 aliphatic heterocycles. The Kier molecular flexibility index (Phi) is 7.08. The maximum Gasteiger partial charge on any atom is 0.255 e. The minimum atomic E-state index is -2.13. The van der Waals surface area contributed by atoms with Crippen LogP contribution >= 0.6 is 0 Å². The number of fused-ring (bicyclic) bond motifs is 1. The highest BCUT2D eigenvalue weighted by Crippen LogP contribution is 2.27. The van der Waals surface area contributed by atoms with Gasteiger partial charge >= 0.3 is 0 Å². The molecule has 0 aromatic carbocycles. The van der Waals surface area contributed by atoms with Crippen molar-refractivity contribution < 1.29 is 18.0 Å². The SMILES string of the molecule is CC(C)(F)Cn1cc(Nc2cc(-c3cnc4cc(C#N)cnn34)ncc2C(=O)NCC(F)C(C)(C)F)cn1. The van der Waals surface area contributed by atoms with E-state index >= 15 is 0 Å². The Balaban J connectivity index is 1.69. The number of aromatic nitrogens is 6. The van der Waals surface area contributed by atoms with E-state index in [2.05, 4.69) is 30.8 Å². The van der Waals surface area contributed by atoms with E-state index in [1.165, 1.54) is 47.8 Å². The number of carbonyl (C=O) groups is 1. The van der Waals surface area contributed by atoms with Gasteiger partial charge < -0.3 is 10.6 Å². The number of hydrogen-bond donors (Lipinski definition) is 2. The topological polar surface area (TPSA) is 126 Å². The monoisotopic (exact) mass is 525 g/mol. The molecule has 0 bridgehead atoms. The highest BCUT2D eigenvalue weighted by Gasteiger charge is 2.29. The van der Waals surface area contributed by atoms with Crippen LogP contribution < -0.4 is 10.6 Å². The summed E-state index contributed by atoms with van der Waals surface area (Å²) in [6.45, 7) is 4.52. The molecule has 1 atom stereocenters. The number of alkyl halides is 3. The number of nitriles is 1. The third-order valence-electron chi connectivity index (χ3n) is 5.54. The van der Waals surface area contributed by atoms with Crippen molar-refractivity contribution >= 4 is 22.9 Å². The smallest absolute Gasteiger partial charge is 0.255 e. The molecular formula is C25H26F3N9O. The molecular weight excluding hydrogens is 499 g/mol. The molecule has 0 aliphatic carbocycles.